The van der Waals surface area contributed by atoms with Crippen molar-refractivity contribution in [3.63, 3.8) is 0 Å². The van der Waals surface area contributed by atoms with Crippen LogP contribution >= 0.6 is 0 Å². The molecule has 4 rings (SSSR count). The predicted molar refractivity (Wildman–Crippen MR) is 85.1 cm³/mol. The van der Waals surface area contributed by atoms with Gasteiger partial charge in [-0.3, -0.25) is 14.9 Å². The van der Waals surface area contributed by atoms with Gasteiger partial charge < -0.3 is 5.11 Å². The lowest BCUT2D eigenvalue weighted by molar-refractivity contribution is -0.386. The number of aromatic hydroxyl groups is 1. The van der Waals surface area contributed by atoms with Crippen LogP contribution in [0, 0.1) is 27.4 Å². The van der Waals surface area contributed by atoms with Crippen LogP contribution in [-0.2, 0) is 4.79 Å². The van der Waals surface area contributed by atoms with Crippen LogP contribution in [0.4, 0.5) is 5.69 Å². The summed E-state index contributed by atoms with van der Waals surface area (Å²) in [5.41, 5.74) is 1.35. The topological polar surface area (TPSA) is 80.4 Å². The summed E-state index contributed by atoms with van der Waals surface area (Å²) in [5.74, 6) is 0.881. The number of allylic oxidation sites excluding steroid dienone is 1. The van der Waals surface area contributed by atoms with E-state index in [4.69, 9.17) is 0 Å². The number of phenolic OH excluding ortho intramolecular Hbond substituents is 1. The largest absolute Gasteiger partial charge is 0.502 e. The molecule has 4 unspecified atom stereocenters. The summed E-state index contributed by atoms with van der Waals surface area (Å²) >= 11 is 0. The van der Waals surface area contributed by atoms with Crippen LogP contribution in [-0.4, -0.2) is 15.8 Å². The highest BCUT2D eigenvalue weighted by molar-refractivity contribution is 5.87. The number of benzene rings is 1. The molecule has 1 aromatic carbocycles. The molecule has 0 aliphatic heterocycles. The molecule has 2 saturated carbocycles. The number of ketones is 1. The first-order valence-electron chi connectivity index (χ1n) is 8.14. The highest BCUT2D eigenvalue weighted by Gasteiger charge is 2.54. The minimum Gasteiger partial charge on any atom is -0.502 e. The first kappa shape index (κ1) is 14.4. The van der Waals surface area contributed by atoms with Crippen molar-refractivity contribution < 1.29 is 14.8 Å². The molecule has 1 aromatic rings. The number of rotatable bonds is 1. The van der Waals surface area contributed by atoms with Gasteiger partial charge in [-0.1, -0.05) is 19.1 Å². The first-order chi connectivity index (χ1) is 10.9. The average molecular weight is 313 g/mol. The highest BCUT2D eigenvalue weighted by Crippen LogP contribution is 2.59. The normalized spacial score (nSPS) is 34.7. The number of phenols is 1. The molecule has 0 saturated heterocycles. The second-order valence-electron chi connectivity index (χ2n) is 7.29. The van der Waals surface area contributed by atoms with Crippen molar-refractivity contribution in [1.29, 1.82) is 0 Å². The van der Waals surface area contributed by atoms with Crippen LogP contribution in [0.3, 0.4) is 0 Å². The van der Waals surface area contributed by atoms with Gasteiger partial charge >= 0.3 is 5.69 Å². The molecule has 120 valence electrons. The van der Waals surface area contributed by atoms with Crippen molar-refractivity contribution in [2.24, 2.45) is 17.3 Å². The van der Waals surface area contributed by atoms with E-state index in [1.807, 2.05) is 6.08 Å². The average Bonchev–Trinajstić information content (AvgIpc) is 2.81. The molecule has 1 N–H and O–H groups in total. The van der Waals surface area contributed by atoms with Crippen LogP contribution in [0.5, 0.6) is 5.75 Å². The Morgan fingerprint density at radius 1 is 1.35 bits per heavy atom. The molecule has 0 amide bonds. The van der Waals surface area contributed by atoms with Crippen molar-refractivity contribution in [2.45, 2.75) is 38.5 Å². The number of carbonyl (C=O) groups excluding carboxylic acids is 1. The molecule has 0 heterocycles. The number of nitro groups is 1. The molecule has 4 atom stereocenters. The van der Waals surface area contributed by atoms with E-state index in [1.165, 1.54) is 12.1 Å². The van der Waals surface area contributed by atoms with Crippen LogP contribution in [0.1, 0.15) is 49.7 Å². The third kappa shape index (κ3) is 1.89. The van der Waals surface area contributed by atoms with Crippen LogP contribution in [0.25, 0.3) is 6.08 Å². The second-order valence-corrected chi connectivity index (χ2v) is 7.29. The van der Waals surface area contributed by atoms with Gasteiger partial charge in [0, 0.05) is 17.9 Å². The maximum absolute atomic E-state index is 12.3. The van der Waals surface area contributed by atoms with Crippen molar-refractivity contribution >= 4 is 17.5 Å². The quantitative estimate of drug-likeness (QED) is 0.631. The molecule has 5 nitrogen and oxygen atoms in total. The van der Waals surface area contributed by atoms with Crippen molar-refractivity contribution in [3.8, 4) is 5.75 Å². The predicted octanol–water partition coefficient (Wildman–Crippen LogP) is 3.81. The van der Waals surface area contributed by atoms with Gasteiger partial charge in [-0.2, -0.15) is 0 Å². The molecule has 3 aliphatic carbocycles. The third-order valence-electron chi connectivity index (χ3n) is 6.32. The van der Waals surface area contributed by atoms with Gasteiger partial charge in [-0.25, -0.2) is 0 Å². The summed E-state index contributed by atoms with van der Waals surface area (Å²) in [4.78, 5) is 22.9. The second kappa shape index (κ2) is 4.66. The Labute approximate surface area is 134 Å². The van der Waals surface area contributed by atoms with E-state index in [0.29, 0.717) is 18.1 Å². The van der Waals surface area contributed by atoms with Crippen molar-refractivity contribution in [3.05, 3.63) is 39.4 Å². The summed E-state index contributed by atoms with van der Waals surface area (Å²) in [5, 5.41) is 21.0. The number of Topliss-reactive ketones (excluding diaryl/α,β-unsaturated/α-hetero) is 1. The monoisotopic (exact) mass is 313 g/mol. The summed E-state index contributed by atoms with van der Waals surface area (Å²) in [6.45, 7) is 2.09. The first-order valence-corrected chi connectivity index (χ1v) is 8.14. The SMILES string of the molecule is CC12CCC3c4cc([N+](=O)[O-])c(O)cc4C=CC3C1CCC2=O. The van der Waals surface area contributed by atoms with Crippen molar-refractivity contribution in [2.75, 3.05) is 0 Å². The summed E-state index contributed by atoms with van der Waals surface area (Å²) in [7, 11) is 0. The highest BCUT2D eigenvalue weighted by atomic mass is 16.6. The summed E-state index contributed by atoms with van der Waals surface area (Å²) in [6.07, 6.45) is 7.38. The summed E-state index contributed by atoms with van der Waals surface area (Å²) < 4.78 is 0. The Hall–Kier alpha value is -2.17. The zero-order valence-corrected chi connectivity index (χ0v) is 13.0. The Morgan fingerprint density at radius 2 is 2.13 bits per heavy atom. The van der Waals surface area contributed by atoms with Crippen LogP contribution < -0.4 is 0 Å². The molecule has 0 radical (unpaired) electrons. The molecule has 0 spiro atoms. The molecule has 23 heavy (non-hydrogen) atoms. The minimum absolute atomic E-state index is 0.207. The molecular formula is C18H19NO4. The number of carbonyl (C=O) groups is 1. The van der Waals surface area contributed by atoms with E-state index in [1.54, 1.807) is 0 Å². The van der Waals surface area contributed by atoms with Gasteiger partial charge in [0.15, 0.2) is 5.75 Å². The molecule has 2 fully saturated rings. The Kier molecular flexibility index (Phi) is 2.92. The fourth-order valence-corrected chi connectivity index (χ4v) is 5.03. The molecule has 5 heteroatoms. The van der Waals surface area contributed by atoms with E-state index < -0.39 is 4.92 Å². The minimum atomic E-state index is -0.533. The number of fused-ring (bicyclic) bond motifs is 5. The third-order valence-corrected chi connectivity index (χ3v) is 6.32. The molecule has 3 aliphatic rings. The Bertz CT molecular complexity index is 754. The van der Waals surface area contributed by atoms with E-state index in [9.17, 15) is 20.0 Å². The zero-order valence-electron chi connectivity index (χ0n) is 13.0. The number of nitro benzene ring substituents is 1. The lowest BCUT2D eigenvalue weighted by Gasteiger charge is -2.46. The smallest absolute Gasteiger partial charge is 0.311 e. The van der Waals surface area contributed by atoms with Gasteiger partial charge in [0.05, 0.1) is 4.92 Å². The molecular weight excluding hydrogens is 294 g/mol. The standard InChI is InChI=1S/C18H19NO4/c1-18-7-6-11-12(14(18)4-5-17(18)21)3-2-10-8-16(20)15(19(22)23)9-13(10)11/h2-3,8-9,11-12,14,20H,4-7H2,1H3. The van der Waals surface area contributed by atoms with Crippen molar-refractivity contribution in [1.82, 2.24) is 0 Å². The lowest BCUT2D eigenvalue weighted by atomic mass is 9.57. The molecule has 0 bridgehead atoms. The maximum atomic E-state index is 12.3. The zero-order chi connectivity index (χ0) is 16.4. The maximum Gasteiger partial charge on any atom is 0.311 e. The van der Waals surface area contributed by atoms with Gasteiger partial charge in [-0.05, 0) is 54.2 Å². The van der Waals surface area contributed by atoms with Gasteiger partial charge in [0.25, 0.3) is 0 Å². The number of nitrogens with zero attached hydrogens (tertiary/aromatic N) is 1. The van der Waals surface area contributed by atoms with Crippen LogP contribution in [0.2, 0.25) is 0 Å². The van der Waals surface area contributed by atoms with Gasteiger partial charge in [0.1, 0.15) is 5.78 Å². The fraction of sp³-hybridized carbons (Fsp3) is 0.500. The summed E-state index contributed by atoms with van der Waals surface area (Å²) in [6, 6.07) is 3.03. The number of hydrogen-bond acceptors (Lipinski definition) is 4. The molecule has 0 aromatic heterocycles. The van der Waals surface area contributed by atoms with E-state index >= 15 is 0 Å². The van der Waals surface area contributed by atoms with Gasteiger partial charge in [-0.15, -0.1) is 0 Å². The Morgan fingerprint density at radius 3 is 2.87 bits per heavy atom. The number of hydrogen-bond donors (Lipinski definition) is 1. The fourth-order valence-electron chi connectivity index (χ4n) is 5.03. The Balaban J connectivity index is 1.79. The van der Waals surface area contributed by atoms with E-state index in [0.717, 1.165) is 30.4 Å². The van der Waals surface area contributed by atoms with E-state index in [2.05, 4.69) is 13.0 Å². The van der Waals surface area contributed by atoms with E-state index in [-0.39, 0.29) is 28.7 Å². The lowest BCUT2D eigenvalue weighted by Crippen LogP contribution is -2.40. The van der Waals surface area contributed by atoms with Gasteiger partial charge in [0.2, 0.25) is 0 Å². The van der Waals surface area contributed by atoms with Crippen LogP contribution in [0.15, 0.2) is 18.2 Å².